The van der Waals surface area contributed by atoms with Gasteiger partial charge in [-0.15, -0.1) is 0 Å². The van der Waals surface area contributed by atoms with Gasteiger partial charge in [0.05, 0.1) is 0 Å². The first-order chi connectivity index (χ1) is 10.9. The van der Waals surface area contributed by atoms with Crippen LogP contribution in [0, 0.1) is 0 Å². The van der Waals surface area contributed by atoms with E-state index in [1.165, 1.54) is 0 Å². The van der Waals surface area contributed by atoms with Crippen LogP contribution in [0.15, 0.2) is 72.8 Å². The van der Waals surface area contributed by atoms with Crippen molar-refractivity contribution in [1.29, 1.82) is 0 Å². The van der Waals surface area contributed by atoms with Gasteiger partial charge < -0.3 is 9.47 Å². The standard InChI is InChI=1S/C20H12O2/c1-3-7-15-13(5-1)9-11-17-19(15)21-18-12-10-14-6-2-4-8-16(14)20(18)22-17/h1-12H. The van der Waals surface area contributed by atoms with Gasteiger partial charge in [-0.1, -0.05) is 60.7 Å². The van der Waals surface area contributed by atoms with E-state index < -0.39 is 0 Å². The van der Waals surface area contributed by atoms with Crippen molar-refractivity contribution in [2.24, 2.45) is 0 Å². The van der Waals surface area contributed by atoms with Crippen LogP contribution in [0.5, 0.6) is 23.0 Å². The van der Waals surface area contributed by atoms with Crippen molar-refractivity contribution >= 4 is 21.5 Å². The van der Waals surface area contributed by atoms with Crippen LogP contribution in [0.4, 0.5) is 0 Å². The van der Waals surface area contributed by atoms with E-state index in [0.717, 1.165) is 44.5 Å². The smallest absolute Gasteiger partial charge is 0.177 e. The van der Waals surface area contributed by atoms with E-state index in [-0.39, 0.29) is 0 Å². The minimum atomic E-state index is 0.766. The summed E-state index contributed by atoms with van der Waals surface area (Å²) in [5.41, 5.74) is 0. The summed E-state index contributed by atoms with van der Waals surface area (Å²) in [5, 5.41) is 4.43. The Kier molecular flexibility index (Phi) is 2.25. The lowest BCUT2D eigenvalue weighted by Gasteiger charge is -2.23. The van der Waals surface area contributed by atoms with Crippen LogP contribution in [0.2, 0.25) is 0 Å². The molecular weight excluding hydrogens is 272 g/mol. The molecule has 2 heteroatoms. The lowest BCUT2D eigenvalue weighted by atomic mass is 10.1. The van der Waals surface area contributed by atoms with Crippen molar-refractivity contribution in [2.45, 2.75) is 0 Å². The number of hydrogen-bond acceptors (Lipinski definition) is 2. The predicted octanol–water partition coefficient (Wildman–Crippen LogP) is 5.89. The molecule has 0 spiro atoms. The Morgan fingerprint density at radius 2 is 0.909 bits per heavy atom. The zero-order valence-electron chi connectivity index (χ0n) is 11.7. The SMILES string of the molecule is c1ccc2c3c(ccc2c1)Oc1c(ccc2ccccc12)O3. The average Bonchev–Trinajstić information content (AvgIpc) is 2.60. The molecule has 0 atom stereocenters. The Morgan fingerprint density at radius 3 is 1.41 bits per heavy atom. The second-order valence-corrected chi connectivity index (χ2v) is 5.43. The molecule has 0 aromatic heterocycles. The summed E-state index contributed by atoms with van der Waals surface area (Å²) in [7, 11) is 0. The van der Waals surface area contributed by atoms with Gasteiger partial charge in [-0.25, -0.2) is 0 Å². The maximum atomic E-state index is 6.17. The van der Waals surface area contributed by atoms with E-state index in [9.17, 15) is 0 Å². The van der Waals surface area contributed by atoms with E-state index in [2.05, 4.69) is 36.4 Å². The van der Waals surface area contributed by atoms with Gasteiger partial charge in [-0.3, -0.25) is 0 Å². The molecule has 0 amide bonds. The van der Waals surface area contributed by atoms with Gasteiger partial charge in [0.15, 0.2) is 23.0 Å². The molecule has 22 heavy (non-hydrogen) atoms. The molecule has 0 fully saturated rings. The lowest BCUT2D eigenvalue weighted by molar-refractivity contribution is 0.367. The number of hydrogen-bond donors (Lipinski definition) is 0. The highest BCUT2D eigenvalue weighted by molar-refractivity contribution is 5.95. The third kappa shape index (κ3) is 1.55. The quantitative estimate of drug-likeness (QED) is 0.353. The molecule has 4 aromatic carbocycles. The minimum Gasteiger partial charge on any atom is -0.449 e. The van der Waals surface area contributed by atoms with Gasteiger partial charge in [0, 0.05) is 10.8 Å². The van der Waals surface area contributed by atoms with Crippen molar-refractivity contribution in [2.75, 3.05) is 0 Å². The molecule has 0 N–H and O–H groups in total. The van der Waals surface area contributed by atoms with E-state index >= 15 is 0 Å². The van der Waals surface area contributed by atoms with Crippen molar-refractivity contribution < 1.29 is 9.47 Å². The fraction of sp³-hybridized carbons (Fsp3) is 0. The molecule has 0 aliphatic carbocycles. The number of benzene rings is 4. The summed E-state index contributed by atoms with van der Waals surface area (Å²) >= 11 is 0. The van der Waals surface area contributed by atoms with Gasteiger partial charge in [0.2, 0.25) is 0 Å². The fourth-order valence-corrected chi connectivity index (χ4v) is 3.04. The van der Waals surface area contributed by atoms with Crippen molar-refractivity contribution in [3.63, 3.8) is 0 Å². The molecule has 5 rings (SSSR count). The minimum absolute atomic E-state index is 0.766. The fourth-order valence-electron chi connectivity index (χ4n) is 3.04. The summed E-state index contributed by atoms with van der Waals surface area (Å²) in [5.74, 6) is 3.12. The lowest BCUT2D eigenvalue weighted by Crippen LogP contribution is -2.00. The highest BCUT2D eigenvalue weighted by Crippen LogP contribution is 2.50. The Labute approximate surface area is 127 Å². The van der Waals surface area contributed by atoms with Crippen molar-refractivity contribution in [1.82, 2.24) is 0 Å². The van der Waals surface area contributed by atoms with Crippen LogP contribution in [0.1, 0.15) is 0 Å². The third-order valence-electron chi connectivity index (χ3n) is 4.11. The average molecular weight is 284 g/mol. The molecule has 0 unspecified atom stereocenters. The third-order valence-corrected chi connectivity index (χ3v) is 4.11. The summed E-state index contributed by atoms with van der Waals surface area (Å²) in [4.78, 5) is 0. The monoisotopic (exact) mass is 284 g/mol. The Balaban J connectivity index is 1.78. The highest BCUT2D eigenvalue weighted by Gasteiger charge is 2.22. The van der Waals surface area contributed by atoms with Crippen LogP contribution >= 0.6 is 0 Å². The van der Waals surface area contributed by atoms with Crippen molar-refractivity contribution in [3.8, 4) is 23.0 Å². The van der Waals surface area contributed by atoms with Gasteiger partial charge >= 0.3 is 0 Å². The Hall–Kier alpha value is -3.00. The van der Waals surface area contributed by atoms with E-state index in [4.69, 9.17) is 9.47 Å². The Morgan fingerprint density at radius 1 is 0.455 bits per heavy atom. The zero-order valence-corrected chi connectivity index (χ0v) is 11.7. The second kappa shape index (κ2) is 4.25. The topological polar surface area (TPSA) is 18.5 Å². The van der Waals surface area contributed by atoms with Gasteiger partial charge in [-0.05, 0) is 22.9 Å². The van der Waals surface area contributed by atoms with Gasteiger partial charge in [-0.2, -0.15) is 0 Å². The first-order valence-electron chi connectivity index (χ1n) is 7.29. The van der Waals surface area contributed by atoms with Gasteiger partial charge in [0.25, 0.3) is 0 Å². The summed E-state index contributed by atoms with van der Waals surface area (Å²) in [6, 6.07) is 24.4. The molecule has 0 saturated carbocycles. The number of fused-ring (bicyclic) bond motifs is 6. The number of rotatable bonds is 0. The second-order valence-electron chi connectivity index (χ2n) is 5.43. The van der Waals surface area contributed by atoms with Crippen LogP contribution in [-0.2, 0) is 0 Å². The summed E-state index contributed by atoms with van der Waals surface area (Å²) < 4.78 is 12.3. The summed E-state index contributed by atoms with van der Waals surface area (Å²) in [6.45, 7) is 0. The maximum absolute atomic E-state index is 6.17. The van der Waals surface area contributed by atoms with E-state index in [0.29, 0.717) is 0 Å². The van der Waals surface area contributed by atoms with Crippen LogP contribution in [0.3, 0.4) is 0 Å². The molecule has 1 aliphatic heterocycles. The highest BCUT2D eigenvalue weighted by atomic mass is 16.6. The Bertz CT molecular complexity index is 949. The summed E-state index contributed by atoms with van der Waals surface area (Å²) in [6.07, 6.45) is 0. The zero-order chi connectivity index (χ0) is 14.5. The van der Waals surface area contributed by atoms with E-state index in [1.807, 2.05) is 36.4 Å². The van der Waals surface area contributed by atoms with Crippen LogP contribution in [-0.4, -0.2) is 0 Å². The van der Waals surface area contributed by atoms with Crippen LogP contribution in [0.25, 0.3) is 21.5 Å². The molecule has 0 radical (unpaired) electrons. The normalized spacial score (nSPS) is 12.4. The first kappa shape index (κ1) is 11.6. The van der Waals surface area contributed by atoms with E-state index in [1.54, 1.807) is 0 Å². The predicted molar refractivity (Wildman–Crippen MR) is 88.0 cm³/mol. The van der Waals surface area contributed by atoms with Crippen molar-refractivity contribution in [3.05, 3.63) is 72.8 Å². The first-order valence-corrected chi connectivity index (χ1v) is 7.29. The molecule has 0 saturated heterocycles. The number of ether oxygens (including phenoxy) is 2. The molecule has 1 aliphatic rings. The van der Waals surface area contributed by atoms with Gasteiger partial charge in [0.1, 0.15) is 0 Å². The molecule has 104 valence electrons. The molecule has 1 heterocycles. The molecular formula is C20H12O2. The molecule has 4 aromatic rings. The maximum Gasteiger partial charge on any atom is 0.177 e. The largest absolute Gasteiger partial charge is 0.449 e. The van der Waals surface area contributed by atoms with Crippen LogP contribution < -0.4 is 9.47 Å². The molecule has 2 nitrogen and oxygen atoms in total. The molecule has 0 bridgehead atoms.